The molecular weight excluding hydrogens is 651 g/mol. The predicted octanol–water partition coefficient (Wildman–Crippen LogP) is 7.54. The lowest BCUT2D eigenvalue weighted by Gasteiger charge is -2.17. The number of amides is 3. The van der Waals surface area contributed by atoms with Gasteiger partial charge in [0.15, 0.2) is 0 Å². The number of aromatic nitrogens is 2. The first kappa shape index (κ1) is 33.5. The molecule has 0 fully saturated rings. The zero-order valence-corrected chi connectivity index (χ0v) is 28.0. The lowest BCUT2D eigenvalue weighted by atomic mass is 10.1. The van der Waals surface area contributed by atoms with Gasteiger partial charge in [-0.15, -0.1) is 11.8 Å². The molecule has 47 heavy (non-hydrogen) atoms. The third kappa shape index (κ3) is 9.32. The van der Waals surface area contributed by atoms with Gasteiger partial charge in [-0.2, -0.15) is 9.36 Å². The number of hydrogen-bond donors (Lipinski definition) is 3. The number of carbonyl (C=O) groups excluding carboxylic acids is 3. The molecule has 0 aliphatic heterocycles. The summed E-state index contributed by atoms with van der Waals surface area (Å²) >= 11 is 3.99. The molecule has 5 aromatic rings. The monoisotopic (exact) mass is 681 g/mol. The maximum atomic E-state index is 13.7. The number of ether oxygens (including phenoxy) is 1. The Kier molecular flexibility index (Phi) is 11.8. The zero-order chi connectivity index (χ0) is 33.0. The molecular formula is C35H31N5O4S3. The average molecular weight is 682 g/mol. The Morgan fingerprint density at radius 3 is 2.36 bits per heavy atom. The first-order valence-electron chi connectivity index (χ1n) is 14.5. The van der Waals surface area contributed by atoms with E-state index in [-0.39, 0.29) is 11.6 Å². The topological polar surface area (TPSA) is 122 Å². The fraction of sp³-hybridized carbons (Fsp3) is 0.114. The van der Waals surface area contributed by atoms with Crippen LogP contribution in [0.3, 0.4) is 0 Å². The molecule has 3 amide bonds. The summed E-state index contributed by atoms with van der Waals surface area (Å²) in [5, 5.41) is 9.01. The summed E-state index contributed by atoms with van der Waals surface area (Å²) in [6.07, 6.45) is 1.57. The Morgan fingerprint density at radius 1 is 0.894 bits per heavy atom. The van der Waals surface area contributed by atoms with Gasteiger partial charge >= 0.3 is 0 Å². The number of methoxy groups -OCH3 is 1. The number of benzene rings is 4. The number of para-hydroxylation sites is 1. The first-order chi connectivity index (χ1) is 22.9. The quantitative estimate of drug-likeness (QED) is 0.0861. The van der Waals surface area contributed by atoms with E-state index in [2.05, 4.69) is 25.3 Å². The Labute approximate surface area is 285 Å². The third-order valence-corrected chi connectivity index (χ3v) is 9.29. The number of anilines is 2. The van der Waals surface area contributed by atoms with E-state index in [1.165, 1.54) is 30.6 Å². The van der Waals surface area contributed by atoms with Crippen molar-refractivity contribution in [1.29, 1.82) is 0 Å². The van der Waals surface area contributed by atoms with E-state index in [1.807, 2.05) is 61.5 Å². The van der Waals surface area contributed by atoms with Gasteiger partial charge in [-0.25, -0.2) is 0 Å². The molecule has 9 nitrogen and oxygen atoms in total. The van der Waals surface area contributed by atoms with Gasteiger partial charge in [0, 0.05) is 33.2 Å². The molecule has 1 atom stereocenters. The second-order valence-corrected chi connectivity index (χ2v) is 13.0. The van der Waals surface area contributed by atoms with Gasteiger partial charge in [-0.05, 0) is 53.8 Å². The Bertz CT molecular complexity index is 1870. The van der Waals surface area contributed by atoms with Crippen LogP contribution < -0.4 is 20.7 Å². The van der Waals surface area contributed by atoms with E-state index in [9.17, 15) is 14.4 Å². The Morgan fingerprint density at radius 2 is 1.62 bits per heavy atom. The van der Waals surface area contributed by atoms with Gasteiger partial charge in [0.25, 0.3) is 11.8 Å². The molecule has 0 spiro atoms. The second kappa shape index (κ2) is 16.6. The first-order valence-corrected chi connectivity index (χ1v) is 17.2. The normalized spacial score (nSPS) is 11.7. The van der Waals surface area contributed by atoms with Crippen LogP contribution in [0.5, 0.6) is 5.75 Å². The van der Waals surface area contributed by atoms with Crippen LogP contribution in [0.2, 0.25) is 0 Å². The van der Waals surface area contributed by atoms with E-state index in [0.29, 0.717) is 32.9 Å². The maximum Gasteiger partial charge on any atom is 0.272 e. The van der Waals surface area contributed by atoms with Gasteiger partial charge in [0.2, 0.25) is 16.2 Å². The minimum Gasteiger partial charge on any atom is -0.496 e. The smallest absolute Gasteiger partial charge is 0.272 e. The van der Waals surface area contributed by atoms with Gasteiger partial charge in [0.05, 0.1) is 7.11 Å². The molecule has 4 aromatic carbocycles. The highest BCUT2D eigenvalue weighted by molar-refractivity contribution is 8.00. The summed E-state index contributed by atoms with van der Waals surface area (Å²) in [7, 11) is 1.54. The number of nitrogens with one attached hydrogen (secondary N) is 3. The lowest BCUT2D eigenvalue weighted by Crippen LogP contribution is -2.30. The van der Waals surface area contributed by atoms with Gasteiger partial charge < -0.3 is 15.4 Å². The molecule has 0 bridgehead atoms. The molecule has 238 valence electrons. The van der Waals surface area contributed by atoms with E-state index in [4.69, 9.17) is 4.74 Å². The highest BCUT2D eigenvalue weighted by atomic mass is 32.2. The van der Waals surface area contributed by atoms with Crippen LogP contribution in [0, 0.1) is 0 Å². The summed E-state index contributed by atoms with van der Waals surface area (Å²) in [4.78, 5) is 45.5. The molecule has 0 aliphatic rings. The van der Waals surface area contributed by atoms with Gasteiger partial charge in [-0.1, -0.05) is 91.5 Å². The molecule has 1 aromatic heterocycles. The van der Waals surface area contributed by atoms with Crippen LogP contribution in [0.15, 0.2) is 125 Å². The van der Waals surface area contributed by atoms with E-state index in [0.717, 1.165) is 27.7 Å². The van der Waals surface area contributed by atoms with Crippen molar-refractivity contribution in [1.82, 2.24) is 14.7 Å². The SMILES string of the molecule is CCSc1nsc(NC(=O)C(Sc2cccc(NC(=O)/C(=C\c3ccccc3OC)NC(=O)c3ccccc3)c2)c2ccccc2)n1. The molecule has 0 saturated heterocycles. The Hall–Kier alpha value is -4.91. The van der Waals surface area contributed by atoms with Crippen molar-refractivity contribution < 1.29 is 19.1 Å². The minimum atomic E-state index is -0.612. The summed E-state index contributed by atoms with van der Waals surface area (Å²) < 4.78 is 9.75. The molecule has 1 unspecified atom stereocenters. The van der Waals surface area contributed by atoms with E-state index < -0.39 is 17.1 Å². The minimum absolute atomic E-state index is 0.0283. The standard InChI is InChI=1S/C35H31N5O4S3/c1-3-45-35-39-34(47-40-35)38-33(43)30(23-13-6-4-7-14-23)46-27-19-12-18-26(22-27)36-32(42)28(21-25-17-10-11-20-29(25)44-2)37-31(41)24-15-8-5-9-16-24/h4-22,30H,3H2,1-2H3,(H,36,42)(H,37,41)(H,38,39,40,43)/b28-21+. The molecule has 3 N–H and O–H groups in total. The van der Waals surface area contributed by atoms with Crippen molar-refractivity contribution in [3.63, 3.8) is 0 Å². The van der Waals surface area contributed by atoms with Crippen molar-refractivity contribution in [2.24, 2.45) is 0 Å². The summed E-state index contributed by atoms with van der Waals surface area (Å²) in [6, 6.07) is 32.5. The predicted molar refractivity (Wildman–Crippen MR) is 190 cm³/mol. The highest BCUT2D eigenvalue weighted by Crippen LogP contribution is 2.37. The van der Waals surface area contributed by atoms with Gasteiger partial charge in [-0.3, -0.25) is 19.7 Å². The van der Waals surface area contributed by atoms with Crippen LogP contribution in [0.1, 0.15) is 33.7 Å². The number of thioether (sulfide) groups is 2. The van der Waals surface area contributed by atoms with Crippen LogP contribution in [0.25, 0.3) is 6.08 Å². The summed E-state index contributed by atoms with van der Waals surface area (Å²) in [5.41, 5.74) is 2.34. The number of carbonyl (C=O) groups is 3. The van der Waals surface area contributed by atoms with Gasteiger partial charge in [0.1, 0.15) is 16.7 Å². The van der Waals surface area contributed by atoms with Crippen LogP contribution in [-0.4, -0.2) is 39.9 Å². The Balaban J connectivity index is 1.37. The molecule has 12 heteroatoms. The number of nitrogens with zero attached hydrogens (tertiary/aromatic N) is 2. The van der Waals surface area contributed by atoms with Crippen molar-refractivity contribution in [3.8, 4) is 5.75 Å². The van der Waals surface area contributed by atoms with E-state index >= 15 is 0 Å². The largest absolute Gasteiger partial charge is 0.496 e. The van der Waals surface area contributed by atoms with Crippen molar-refractivity contribution in [2.45, 2.75) is 22.2 Å². The zero-order valence-electron chi connectivity index (χ0n) is 25.5. The van der Waals surface area contributed by atoms with Crippen molar-refractivity contribution in [3.05, 3.63) is 132 Å². The van der Waals surface area contributed by atoms with E-state index in [1.54, 1.807) is 60.7 Å². The molecule has 5 rings (SSSR count). The lowest BCUT2D eigenvalue weighted by molar-refractivity contribution is -0.116. The summed E-state index contributed by atoms with van der Waals surface area (Å²) in [6.45, 7) is 2.01. The molecule has 1 heterocycles. The van der Waals surface area contributed by atoms with Crippen molar-refractivity contribution in [2.75, 3.05) is 23.5 Å². The second-order valence-electron chi connectivity index (χ2n) is 9.82. The number of hydrogen-bond acceptors (Lipinski definition) is 9. The maximum absolute atomic E-state index is 13.7. The number of rotatable bonds is 13. The third-order valence-electron chi connectivity index (χ3n) is 6.56. The molecule has 0 saturated carbocycles. The fourth-order valence-electron chi connectivity index (χ4n) is 4.39. The molecule has 0 aliphatic carbocycles. The molecule has 0 radical (unpaired) electrons. The van der Waals surface area contributed by atoms with Crippen LogP contribution >= 0.6 is 35.1 Å². The van der Waals surface area contributed by atoms with Crippen LogP contribution in [0.4, 0.5) is 10.8 Å². The van der Waals surface area contributed by atoms with Crippen molar-refractivity contribution >= 4 is 69.7 Å². The van der Waals surface area contributed by atoms with Crippen LogP contribution in [-0.2, 0) is 9.59 Å². The fourth-order valence-corrected chi connectivity index (χ4v) is 6.74. The average Bonchev–Trinajstić information content (AvgIpc) is 3.54. The highest BCUT2D eigenvalue weighted by Gasteiger charge is 2.24. The summed E-state index contributed by atoms with van der Waals surface area (Å²) in [5.74, 6) is 0.168.